The molecule has 1 saturated heterocycles. The molecule has 0 spiro atoms. The van der Waals surface area contributed by atoms with Crippen LogP contribution in [0.5, 0.6) is 5.75 Å². The summed E-state index contributed by atoms with van der Waals surface area (Å²) in [5, 5.41) is 0. The number of hydrogen-bond donors (Lipinski definition) is 0. The first-order valence-electron chi connectivity index (χ1n) is 5.11. The molecule has 1 heterocycles. The predicted octanol–water partition coefficient (Wildman–Crippen LogP) is 2.96. The summed E-state index contributed by atoms with van der Waals surface area (Å²) in [6.45, 7) is 6.21. The molecule has 3 nitrogen and oxygen atoms in total. The zero-order chi connectivity index (χ0) is 12.4. The Morgan fingerprint density at radius 1 is 1.41 bits per heavy atom. The summed E-state index contributed by atoms with van der Waals surface area (Å²) < 4.78 is 5.86. The van der Waals surface area contributed by atoms with Crippen molar-refractivity contribution < 1.29 is 9.53 Å². The van der Waals surface area contributed by atoms with E-state index in [1.165, 1.54) is 16.7 Å². The normalized spacial score (nSPS) is 15.6. The highest BCUT2D eigenvalue weighted by Gasteiger charge is 2.31. The molecule has 88 valence electrons. The van der Waals surface area contributed by atoms with Crippen LogP contribution in [0.2, 0.25) is 0 Å². The van der Waals surface area contributed by atoms with Crippen molar-refractivity contribution in [3.05, 3.63) is 35.7 Å². The Bertz CT molecular complexity index is 482. The number of carbonyl (C=O) groups is 1. The van der Waals surface area contributed by atoms with E-state index < -0.39 is 0 Å². The summed E-state index contributed by atoms with van der Waals surface area (Å²) in [6.07, 6.45) is 0. The number of nitrogens with zero attached hydrogens (tertiary/aromatic N) is 1. The first kappa shape index (κ1) is 12.1. The maximum absolute atomic E-state index is 11.8. The van der Waals surface area contributed by atoms with E-state index in [9.17, 15) is 4.79 Å². The molecule has 0 unspecified atom stereocenters. The number of benzene rings is 1. The van der Waals surface area contributed by atoms with E-state index >= 15 is 0 Å². The number of thioether (sulfide) groups is 1. The average molecular weight is 265 g/mol. The summed E-state index contributed by atoms with van der Waals surface area (Å²) in [6, 6.07) is 7.27. The Hall–Kier alpha value is -1.33. The lowest BCUT2D eigenvalue weighted by molar-refractivity contribution is -0.113. The minimum absolute atomic E-state index is 0.149. The van der Waals surface area contributed by atoms with Gasteiger partial charge in [0.05, 0.1) is 17.2 Å². The number of amides is 1. The molecule has 0 aromatic heterocycles. The first-order valence-corrected chi connectivity index (χ1v) is 6.34. The molecular formula is C12H11NO2S2. The third kappa shape index (κ3) is 2.35. The highest BCUT2D eigenvalue weighted by atomic mass is 32.2. The van der Waals surface area contributed by atoms with Gasteiger partial charge < -0.3 is 4.74 Å². The number of ether oxygens (including phenoxy) is 1. The van der Waals surface area contributed by atoms with Gasteiger partial charge in [-0.3, -0.25) is 9.69 Å². The Labute approximate surface area is 109 Å². The van der Waals surface area contributed by atoms with Crippen LogP contribution >= 0.6 is 24.0 Å². The summed E-state index contributed by atoms with van der Waals surface area (Å²) in [7, 11) is 0. The number of anilines is 1. The third-order valence-electron chi connectivity index (χ3n) is 2.24. The van der Waals surface area contributed by atoms with Crippen molar-refractivity contribution in [1.82, 2.24) is 0 Å². The van der Waals surface area contributed by atoms with E-state index in [1.807, 2.05) is 31.2 Å². The van der Waals surface area contributed by atoms with Crippen LogP contribution in [0, 0.1) is 0 Å². The van der Waals surface area contributed by atoms with Crippen LogP contribution in [0.15, 0.2) is 35.7 Å². The number of carbonyl (C=O) groups excluding carboxylic acids is 1. The van der Waals surface area contributed by atoms with Crippen molar-refractivity contribution in [3.63, 3.8) is 0 Å². The third-order valence-corrected chi connectivity index (χ3v) is 3.45. The maximum atomic E-state index is 11.8. The fourth-order valence-corrected chi connectivity index (χ4v) is 2.64. The van der Waals surface area contributed by atoms with Crippen LogP contribution in [0.4, 0.5) is 5.69 Å². The van der Waals surface area contributed by atoms with Gasteiger partial charge in [0.25, 0.3) is 5.91 Å². The second-order valence-electron chi connectivity index (χ2n) is 3.36. The van der Waals surface area contributed by atoms with Crippen molar-refractivity contribution in [1.29, 1.82) is 0 Å². The molecule has 0 atom stereocenters. The van der Waals surface area contributed by atoms with Crippen LogP contribution in [-0.2, 0) is 4.79 Å². The van der Waals surface area contributed by atoms with E-state index in [4.69, 9.17) is 17.0 Å². The fourth-order valence-electron chi connectivity index (χ4n) is 1.48. The summed E-state index contributed by atoms with van der Waals surface area (Å²) in [5.41, 5.74) is 0.745. The monoisotopic (exact) mass is 265 g/mol. The van der Waals surface area contributed by atoms with Crippen LogP contribution in [0.25, 0.3) is 0 Å². The zero-order valence-electron chi connectivity index (χ0n) is 9.30. The summed E-state index contributed by atoms with van der Waals surface area (Å²) in [5.74, 6) is 0.629. The van der Waals surface area contributed by atoms with Gasteiger partial charge >= 0.3 is 0 Å². The van der Waals surface area contributed by atoms with Gasteiger partial charge in [0.2, 0.25) is 0 Å². The van der Waals surface area contributed by atoms with Crippen molar-refractivity contribution in [2.75, 3.05) is 11.5 Å². The Balaban J connectivity index is 2.25. The average Bonchev–Trinajstić information content (AvgIpc) is 2.55. The molecule has 0 radical (unpaired) electrons. The summed E-state index contributed by atoms with van der Waals surface area (Å²) in [4.78, 5) is 13.8. The van der Waals surface area contributed by atoms with Gasteiger partial charge in [-0.25, -0.2) is 0 Å². The molecule has 1 amide bonds. The minimum Gasteiger partial charge on any atom is -0.494 e. The molecule has 1 aromatic rings. The molecule has 1 aromatic carbocycles. The fraction of sp³-hybridized carbons (Fsp3) is 0.167. The van der Waals surface area contributed by atoms with Gasteiger partial charge in [-0.2, -0.15) is 0 Å². The highest BCUT2D eigenvalue weighted by molar-refractivity contribution is 8.27. The molecule has 1 aliphatic heterocycles. The molecule has 1 aliphatic rings. The molecule has 0 aliphatic carbocycles. The highest BCUT2D eigenvalue weighted by Crippen LogP contribution is 2.34. The zero-order valence-corrected chi connectivity index (χ0v) is 10.9. The molecule has 0 bridgehead atoms. The first-order chi connectivity index (χ1) is 8.13. The largest absolute Gasteiger partial charge is 0.494 e. The Kier molecular flexibility index (Phi) is 3.49. The predicted molar refractivity (Wildman–Crippen MR) is 74.4 cm³/mol. The van der Waals surface area contributed by atoms with E-state index in [0.29, 0.717) is 15.8 Å². The molecule has 0 saturated carbocycles. The van der Waals surface area contributed by atoms with Crippen molar-refractivity contribution in [3.8, 4) is 5.75 Å². The smallest absolute Gasteiger partial charge is 0.270 e. The molecular weight excluding hydrogens is 254 g/mol. The lowest BCUT2D eigenvalue weighted by atomic mass is 10.3. The van der Waals surface area contributed by atoms with Gasteiger partial charge in [-0.05, 0) is 31.2 Å². The van der Waals surface area contributed by atoms with Crippen molar-refractivity contribution in [2.24, 2.45) is 0 Å². The number of rotatable bonds is 3. The van der Waals surface area contributed by atoms with Crippen LogP contribution < -0.4 is 9.64 Å². The van der Waals surface area contributed by atoms with Gasteiger partial charge in [0, 0.05) is 0 Å². The maximum Gasteiger partial charge on any atom is 0.270 e. The quantitative estimate of drug-likeness (QED) is 0.621. The standard InChI is InChI=1S/C12H11NO2S2/c1-3-15-10-6-4-9(5-7-10)13-11(14)8(2)17-12(13)16/h4-7H,2-3H2,1H3. The van der Waals surface area contributed by atoms with Gasteiger partial charge in [-0.1, -0.05) is 30.6 Å². The van der Waals surface area contributed by atoms with Crippen LogP contribution in [0.1, 0.15) is 6.92 Å². The van der Waals surface area contributed by atoms with Crippen LogP contribution in [-0.4, -0.2) is 16.8 Å². The topological polar surface area (TPSA) is 29.5 Å². The van der Waals surface area contributed by atoms with E-state index in [0.717, 1.165) is 11.4 Å². The van der Waals surface area contributed by atoms with Crippen LogP contribution in [0.3, 0.4) is 0 Å². The van der Waals surface area contributed by atoms with Crippen molar-refractivity contribution in [2.45, 2.75) is 6.92 Å². The van der Waals surface area contributed by atoms with Gasteiger partial charge in [0.1, 0.15) is 5.75 Å². The number of thiocarbonyl (C=S) groups is 1. The molecule has 17 heavy (non-hydrogen) atoms. The molecule has 0 N–H and O–H groups in total. The lowest BCUT2D eigenvalue weighted by Crippen LogP contribution is -2.27. The SMILES string of the molecule is C=C1SC(=S)N(c2ccc(OCC)cc2)C1=O. The lowest BCUT2D eigenvalue weighted by Gasteiger charge is -2.14. The van der Waals surface area contributed by atoms with E-state index in [1.54, 1.807) is 0 Å². The number of hydrogen-bond acceptors (Lipinski definition) is 4. The molecule has 5 heteroatoms. The van der Waals surface area contributed by atoms with Gasteiger partial charge in [-0.15, -0.1) is 0 Å². The van der Waals surface area contributed by atoms with E-state index in [-0.39, 0.29) is 5.91 Å². The Morgan fingerprint density at radius 2 is 2.06 bits per heavy atom. The van der Waals surface area contributed by atoms with Gasteiger partial charge in [0.15, 0.2) is 4.32 Å². The second kappa shape index (κ2) is 4.89. The summed E-state index contributed by atoms with van der Waals surface area (Å²) >= 11 is 6.36. The Morgan fingerprint density at radius 3 is 2.53 bits per heavy atom. The molecule has 1 fully saturated rings. The molecule has 2 rings (SSSR count). The van der Waals surface area contributed by atoms with E-state index in [2.05, 4.69) is 6.58 Å². The minimum atomic E-state index is -0.149. The van der Waals surface area contributed by atoms with Crippen molar-refractivity contribution >= 4 is 39.9 Å². The second-order valence-corrected chi connectivity index (χ2v) is 5.09.